The van der Waals surface area contributed by atoms with Gasteiger partial charge in [-0.1, -0.05) is 35.5 Å². The van der Waals surface area contributed by atoms with Crippen LogP contribution >= 0.6 is 23.4 Å². The van der Waals surface area contributed by atoms with Crippen molar-refractivity contribution >= 4 is 29.1 Å². The summed E-state index contributed by atoms with van der Waals surface area (Å²) in [6.45, 7) is 4.61. The van der Waals surface area contributed by atoms with Gasteiger partial charge in [-0.05, 0) is 50.2 Å². The number of nitrogens with zero attached hydrogens (tertiary/aromatic N) is 3. The molecule has 0 amide bonds. The van der Waals surface area contributed by atoms with E-state index in [0.717, 1.165) is 17.1 Å². The molecule has 1 heterocycles. The van der Waals surface area contributed by atoms with Gasteiger partial charge in [-0.25, -0.2) is 0 Å². The van der Waals surface area contributed by atoms with Crippen molar-refractivity contribution in [3.8, 4) is 17.1 Å². The summed E-state index contributed by atoms with van der Waals surface area (Å²) in [5.41, 5.74) is 1.55. The van der Waals surface area contributed by atoms with Crippen LogP contribution in [-0.4, -0.2) is 32.9 Å². The van der Waals surface area contributed by atoms with Gasteiger partial charge in [-0.2, -0.15) is 0 Å². The SMILES string of the molecule is CCn1c(SC(C)C(=O)c2cccc(Cl)c2)nnc1-c1ccc(OC)cc1. The van der Waals surface area contributed by atoms with Gasteiger partial charge in [0, 0.05) is 22.7 Å². The summed E-state index contributed by atoms with van der Waals surface area (Å²) in [6.07, 6.45) is 0. The summed E-state index contributed by atoms with van der Waals surface area (Å²) in [5, 5.41) is 9.60. The number of aromatic nitrogens is 3. The number of rotatable bonds is 7. The number of Topliss-reactive ketones (excluding diaryl/α,β-unsaturated/α-hetero) is 1. The molecule has 0 spiro atoms. The van der Waals surface area contributed by atoms with Crippen molar-refractivity contribution in [3.63, 3.8) is 0 Å². The van der Waals surface area contributed by atoms with Crippen molar-refractivity contribution in [2.75, 3.05) is 7.11 Å². The first kappa shape index (κ1) is 19.5. The molecule has 2 aromatic carbocycles. The third kappa shape index (κ3) is 4.34. The van der Waals surface area contributed by atoms with Crippen molar-refractivity contribution in [3.05, 3.63) is 59.1 Å². The Hall–Kier alpha value is -2.31. The van der Waals surface area contributed by atoms with E-state index >= 15 is 0 Å². The van der Waals surface area contributed by atoms with Gasteiger partial charge in [0.25, 0.3) is 0 Å². The van der Waals surface area contributed by atoms with E-state index in [-0.39, 0.29) is 11.0 Å². The molecule has 1 unspecified atom stereocenters. The van der Waals surface area contributed by atoms with Crippen molar-refractivity contribution in [2.45, 2.75) is 30.8 Å². The molecule has 0 radical (unpaired) electrons. The van der Waals surface area contributed by atoms with Crippen LogP contribution < -0.4 is 4.74 Å². The van der Waals surface area contributed by atoms with E-state index in [4.69, 9.17) is 16.3 Å². The second kappa shape index (κ2) is 8.59. The fourth-order valence-electron chi connectivity index (χ4n) is 2.70. The standard InChI is InChI=1S/C20H20ClN3O2S/c1-4-24-19(14-8-10-17(26-3)11-9-14)22-23-20(24)27-13(2)18(25)15-6-5-7-16(21)12-15/h5-13H,4H2,1-3H3. The maximum absolute atomic E-state index is 12.7. The van der Waals surface area contributed by atoms with Crippen LogP contribution in [0.15, 0.2) is 53.7 Å². The molecule has 1 aromatic heterocycles. The van der Waals surface area contributed by atoms with Gasteiger partial charge in [0.05, 0.1) is 12.4 Å². The van der Waals surface area contributed by atoms with Crippen molar-refractivity contribution in [2.24, 2.45) is 0 Å². The molecule has 0 bridgehead atoms. The molecule has 7 heteroatoms. The molecular weight excluding hydrogens is 382 g/mol. The number of hydrogen-bond acceptors (Lipinski definition) is 5. The quantitative estimate of drug-likeness (QED) is 0.412. The highest BCUT2D eigenvalue weighted by atomic mass is 35.5. The molecule has 0 fully saturated rings. The van der Waals surface area contributed by atoms with Gasteiger partial charge in [0.15, 0.2) is 16.8 Å². The maximum atomic E-state index is 12.7. The monoisotopic (exact) mass is 401 g/mol. The van der Waals surface area contributed by atoms with Crippen LogP contribution in [0.5, 0.6) is 5.75 Å². The molecule has 0 aliphatic rings. The zero-order chi connectivity index (χ0) is 19.4. The van der Waals surface area contributed by atoms with E-state index in [1.807, 2.05) is 42.7 Å². The summed E-state index contributed by atoms with van der Waals surface area (Å²) < 4.78 is 7.21. The van der Waals surface area contributed by atoms with Crippen LogP contribution in [0.2, 0.25) is 5.02 Å². The molecule has 0 saturated heterocycles. The summed E-state index contributed by atoms with van der Waals surface area (Å²) in [4.78, 5) is 12.7. The number of carbonyl (C=O) groups excluding carboxylic acids is 1. The number of halogens is 1. The molecule has 27 heavy (non-hydrogen) atoms. The second-order valence-corrected chi connectivity index (χ2v) is 7.66. The highest BCUT2D eigenvalue weighted by molar-refractivity contribution is 8.00. The minimum atomic E-state index is -0.304. The van der Waals surface area contributed by atoms with E-state index in [1.165, 1.54) is 11.8 Å². The minimum Gasteiger partial charge on any atom is -0.497 e. The molecule has 140 valence electrons. The average Bonchev–Trinajstić information content (AvgIpc) is 3.09. The van der Waals surface area contributed by atoms with Gasteiger partial charge < -0.3 is 9.30 Å². The van der Waals surface area contributed by atoms with Crippen molar-refractivity contribution in [1.29, 1.82) is 0 Å². The normalized spacial score (nSPS) is 12.0. The van der Waals surface area contributed by atoms with Crippen LogP contribution in [0.25, 0.3) is 11.4 Å². The zero-order valence-electron chi connectivity index (χ0n) is 15.3. The predicted octanol–water partition coefficient (Wildman–Crippen LogP) is 4.99. The number of ketones is 1. The van der Waals surface area contributed by atoms with E-state index in [1.54, 1.807) is 31.4 Å². The lowest BCUT2D eigenvalue weighted by Crippen LogP contribution is -2.14. The Morgan fingerprint density at radius 2 is 1.96 bits per heavy atom. The third-order valence-electron chi connectivity index (χ3n) is 4.14. The van der Waals surface area contributed by atoms with Crippen molar-refractivity contribution < 1.29 is 9.53 Å². The van der Waals surface area contributed by atoms with Crippen LogP contribution in [-0.2, 0) is 6.54 Å². The van der Waals surface area contributed by atoms with Gasteiger partial charge in [0.1, 0.15) is 5.75 Å². The lowest BCUT2D eigenvalue weighted by Gasteiger charge is -2.12. The molecule has 3 aromatic rings. The first-order chi connectivity index (χ1) is 13.0. The topological polar surface area (TPSA) is 57.0 Å². The average molecular weight is 402 g/mol. The first-order valence-electron chi connectivity index (χ1n) is 8.57. The molecule has 0 aliphatic heterocycles. The number of carbonyl (C=O) groups is 1. The van der Waals surface area contributed by atoms with E-state index in [0.29, 0.717) is 22.3 Å². The molecule has 5 nitrogen and oxygen atoms in total. The second-order valence-electron chi connectivity index (χ2n) is 5.91. The van der Waals surface area contributed by atoms with Crippen LogP contribution in [0.3, 0.4) is 0 Å². The molecule has 0 aliphatic carbocycles. The number of ether oxygens (including phenoxy) is 1. The first-order valence-corrected chi connectivity index (χ1v) is 9.83. The Bertz CT molecular complexity index is 941. The van der Waals surface area contributed by atoms with E-state index in [9.17, 15) is 4.79 Å². The van der Waals surface area contributed by atoms with E-state index < -0.39 is 0 Å². The highest BCUT2D eigenvalue weighted by Crippen LogP contribution is 2.29. The molecule has 1 atom stereocenters. The molecular formula is C20H20ClN3O2S. The van der Waals surface area contributed by atoms with E-state index in [2.05, 4.69) is 10.2 Å². The Kier molecular flexibility index (Phi) is 6.19. The summed E-state index contributed by atoms with van der Waals surface area (Å²) >= 11 is 7.40. The third-order valence-corrected chi connectivity index (χ3v) is 5.46. The number of thioether (sulfide) groups is 1. The Labute approximate surface area is 167 Å². The zero-order valence-corrected chi connectivity index (χ0v) is 16.9. The van der Waals surface area contributed by atoms with Crippen molar-refractivity contribution in [1.82, 2.24) is 14.8 Å². The fourth-order valence-corrected chi connectivity index (χ4v) is 3.88. The predicted molar refractivity (Wildman–Crippen MR) is 109 cm³/mol. The fraction of sp³-hybridized carbons (Fsp3) is 0.250. The lowest BCUT2D eigenvalue weighted by atomic mass is 10.1. The van der Waals surface area contributed by atoms with Crippen LogP contribution in [0, 0.1) is 0 Å². The van der Waals surface area contributed by atoms with Gasteiger partial charge in [-0.3, -0.25) is 4.79 Å². The summed E-state index contributed by atoms with van der Waals surface area (Å²) in [6, 6.07) is 14.7. The van der Waals surface area contributed by atoms with Gasteiger partial charge in [-0.15, -0.1) is 10.2 Å². The molecule has 0 N–H and O–H groups in total. The molecule has 0 saturated carbocycles. The Morgan fingerprint density at radius 3 is 2.59 bits per heavy atom. The highest BCUT2D eigenvalue weighted by Gasteiger charge is 2.21. The summed E-state index contributed by atoms with van der Waals surface area (Å²) in [7, 11) is 1.64. The summed E-state index contributed by atoms with van der Waals surface area (Å²) in [5.74, 6) is 1.57. The molecule has 3 rings (SSSR count). The Morgan fingerprint density at radius 1 is 1.22 bits per heavy atom. The minimum absolute atomic E-state index is 0.0131. The number of benzene rings is 2. The number of hydrogen-bond donors (Lipinski definition) is 0. The Balaban J connectivity index is 1.82. The largest absolute Gasteiger partial charge is 0.497 e. The number of methoxy groups -OCH3 is 1. The lowest BCUT2D eigenvalue weighted by molar-refractivity contribution is 0.0994. The van der Waals surface area contributed by atoms with Gasteiger partial charge >= 0.3 is 0 Å². The van der Waals surface area contributed by atoms with Crippen LogP contribution in [0.1, 0.15) is 24.2 Å². The maximum Gasteiger partial charge on any atom is 0.192 e. The smallest absolute Gasteiger partial charge is 0.192 e. The van der Waals surface area contributed by atoms with Gasteiger partial charge in [0.2, 0.25) is 0 Å². The van der Waals surface area contributed by atoms with Crippen LogP contribution in [0.4, 0.5) is 0 Å².